The van der Waals surface area contributed by atoms with Gasteiger partial charge in [0.2, 0.25) is 0 Å². The van der Waals surface area contributed by atoms with Crippen LogP contribution in [-0.4, -0.2) is 67.6 Å². The first-order valence-electron chi connectivity index (χ1n) is 9.10. The molecule has 0 saturated carbocycles. The van der Waals surface area contributed by atoms with Crippen molar-refractivity contribution in [3.05, 3.63) is 29.8 Å². The van der Waals surface area contributed by atoms with E-state index in [1.807, 2.05) is 29.2 Å². The molecule has 1 unspecified atom stereocenters. The number of rotatable bonds is 5. The van der Waals surface area contributed by atoms with E-state index in [1.54, 1.807) is 0 Å². The average Bonchev–Trinajstić information content (AvgIpc) is 3.10. The van der Waals surface area contributed by atoms with E-state index in [9.17, 15) is 4.79 Å². The summed E-state index contributed by atoms with van der Waals surface area (Å²) in [5.41, 5.74) is 0.757. The molecule has 1 aromatic carbocycles. The van der Waals surface area contributed by atoms with Crippen molar-refractivity contribution in [2.24, 2.45) is 5.92 Å². The van der Waals surface area contributed by atoms with Crippen molar-refractivity contribution in [1.82, 2.24) is 15.1 Å². The zero-order valence-corrected chi connectivity index (χ0v) is 14.8. The highest BCUT2D eigenvalue weighted by atomic mass is 16.5. The highest BCUT2D eigenvalue weighted by Gasteiger charge is 2.31. The molecular weight excluding hydrogens is 302 g/mol. The normalized spacial score (nSPS) is 22.1. The second-order valence-corrected chi connectivity index (χ2v) is 7.21. The number of nitrogens with zero attached hydrogens (tertiary/aromatic N) is 2. The minimum Gasteiger partial charge on any atom is -0.493 e. The van der Waals surface area contributed by atoms with E-state index in [0.717, 1.165) is 57.0 Å². The van der Waals surface area contributed by atoms with E-state index in [-0.39, 0.29) is 5.91 Å². The summed E-state index contributed by atoms with van der Waals surface area (Å²) < 4.78 is 5.69. The van der Waals surface area contributed by atoms with Crippen LogP contribution in [-0.2, 0) is 0 Å². The average molecular weight is 331 g/mol. The monoisotopic (exact) mass is 331 g/mol. The summed E-state index contributed by atoms with van der Waals surface area (Å²) in [6.07, 6.45) is 1.08. The Labute approximate surface area is 145 Å². The summed E-state index contributed by atoms with van der Waals surface area (Å²) >= 11 is 0. The van der Waals surface area contributed by atoms with Crippen LogP contribution in [0.1, 0.15) is 30.6 Å². The molecule has 5 heteroatoms. The lowest BCUT2D eigenvalue weighted by atomic mass is 10.2. The summed E-state index contributed by atoms with van der Waals surface area (Å²) in [7, 11) is 0. The van der Waals surface area contributed by atoms with E-state index in [2.05, 4.69) is 24.1 Å². The summed E-state index contributed by atoms with van der Waals surface area (Å²) in [5, 5.41) is 3.39. The van der Waals surface area contributed by atoms with E-state index < -0.39 is 0 Å². The first-order valence-corrected chi connectivity index (χ1v) is 9.10. The second kappa shape index (κ2) is 7.99. The molecule has 1 N–H and O–H groups in total. The van der Waals surface area contributed by atoms with Gasteiger partial charge in [-0.2, -0.15) is 0 Å². The number of likely N-dealkylation sites (tertiary alicyclic amines) is 1. The van der Waals surface area contributed by atoms with Crippen LogP contribution in [0.4, 0.5) is 0 Å². The van der Waals surface area contributed by atoms with Crippen molar-refractivity contribution in [1.29, 1.82) is 0 Å². The number of hydrogen-bond donors (Lipinski definition) is 1. The lowest BCUT2D eigenvalue weighted by molar-refractivity contribution is 0.0773. The van der Waals surface area contributed by atoms with Crippen molar-refractivity contribution in [2.45, 2.75) is 26.3 Å². The van der Waals surface area contributed by atoms with Gasteiger partial charge in [0, 0.05) is 50.9 Å². The number of amides is 1. The molecule has 1 amide bonds. The van der Waals surface area contributed by atoms with Crippen LogP contribution in [0.2, 0.25) is 0 Å². The molecule has 3 rings (SSSR count). The fourth-order valence-electron chi connectivity index (χ4n) is 3.41. The van der Waals surface area contributed by atoms with Crippen molar-refractivity contribution < 1.29 is 9.53 Å². The predicted octanol–water partition coefficient (Wildman–Crippen LogP) is 1.84. The number of carbonyl (C=O) groups is 1. The Kier molecular flexibility index (Phi) is 5.74. The molecule has 0 spiro atoms. The van der Waals surface area contributed by atoms with Crippen LogP contribution < -0.4 is 10.1 Å². The molecule has 0 aliphatic carbocycles. The number of carbonyl (C=O) groups excluding carboxylic acids is 1. The predicted molar refractivity (Wildman–Crippen MR) is 95.5 cm³/mol. The van der Waals surface area contributed by atoms with Crippen LogP contribution in [0.25, 0.3) is 0 Å². The van der Waals surface area contributed by atoms with E-state index in [1.165, 1.54) is 0 Å². The van der Waals surface area contributed by atoms with Crippen molar-refractivity contribution in [3.63, 3.8) is 0 Å². The van der Waals surface area contributed by atoms with Gasteiger partial charge >= 0.3 is 0 Å². The standard InChI is InChI=1S/C19H29N3O2/c1-15(2)14-24-18-5-3-16(4-6-18)19(23)22-10-7-17(13-22)21-11-8-20-9-12-21/h3-6,15,17,20H,7-14H2,1-2H3. The first kappa shape index (κ1) is 17.2. The maximum Gasteiger partial charge on any atom is 0.253 e. The minimum absolute atomic E-state index is 0.142. The molecule has 0 bridgehead atoms. The number of ether oxygens (including phenoxy) is 1. The Morgan fingerprint density at radius 2 is 1.92 bits per heavy atom. The zero-order valence-electron chi connectivity index (χ0n) is 14.8. The van der Waals surface area contributed by atoms with Gasteiger partial charge in [0.05, 0.1) is 6.61 Å². The van der Waals surface area contributed by atoms with Gasteiger partial charge in [0.15, 0.2) is 0 Å². The van der Waals surface area contributed by atoms with Gasteiger partial charge in [0.1, 0.15) is 5.75 Å². The van der Waals surface area contributed by atoms with Gasteiger partial charge in [-0.1, -0.05) is 13.8 Å². The largest absolute Gasteiger partial charge is 0.493 e. The van der Waals surface area contributed by atoms with Crippen LogP contribution in [0.15, 0.2) is 24.3 Å². The topological polar surface area (TPSA) is 44.8 Å². The van der Waals surface area contributed by atoms with Gasteiger partial charge in [-0.3, -0.25) is 9.69 Å². The first-order chi connectivity index (χ1) is 11.6. The molecule has 1 atom stereocenters. The quantitative estimate of drug-likeness (QED) is 0.894. The molecule has 2 aliphatic heterocycles. The summed E-state index contributed by atoms with van der Waals surface area (Å²) in [5.74, 6) is 1.47. The van der Waals surface area contributed by atoms with E-state index in [4.69, 9.17) is 4.74 Å². The Bertz CT molecular complexity index is 538. The Morgan fingerprint density at radius 1 is 1.21 bits per heavy atom. The number of hydrogen-bond acceptors (Lipinski definition) is 4. The fraction of sp³-hybridized carbons (Fsp3) is 0.632. The molecule has 2 saturated heterocycles. The fourth-order valence-corrected chi connectivity index (χ4v) is 3.41. The highest BCUT2D eigenvalue weighted by molar-refractivity contribution is 5.94. The minimum atomic E-state index is 0.142. The third-order valence-corrected chi connectivity index (χ3v) is 4.80. The zero-order chi connectivity index (χ0) is 16.9. The maximum atomic E-state index is 12.7. The lowest BCUT2D eigenvalue weighted by Gasteiger charge is -2.32. The number of nitrogens with one attached hydrogen (secondary N) is 1. The number of piperazine rings is 1. The molecule has 0 radical (unpaired) electrons. The summed E-state index contributed by atoms with van der Waals surface area (Å²) in [6.45, 7) is 11.0. The van der Waals surface area contributed by atoms with Crippen LogP contribution in [0.5, 0.6) is 5.75 Å². The van der Waals surface area contributed by atoms with Crippen LogP contribution >= 0.6 is 0 Å². The number of benzene rings is 1. The Hall–Kier alpha value is -1.59. The third kappa shape index (κ3) is 4.28. The molecule has 2 heterocycles. The van der Waals surface area contributed by atoms with Crippen LogP contribution in [0.3, 0.4) is 0 Å². The Balaban J connectivity index is 1.54. The molecule has 24 heavy (non-hydrogen) atoms. The SMILES string of the molecule is CC(C)COc1ccc(C(=O)N2CCC(N3CCNCC3)C2)cc1. The van der Waals surface area contributed by atoms with Crippen LogP contribution in [0, 0.1) is 5.92 Å². The molecule has 132 valence electrons. The van der Waals surface area contributed by atoms with Gasteiger partial charge in [-0.25, -0.2) is 0 Å². The molecule has 0 aromatic heterocycles. The van der Waals surface area contributed by atoms with Crippen molar-refractivity contribution in [3.8, 4) is 5.75 Å². The lowest BCUT2D eigenvalue weighted by Crippen LogP contribution is -2.49. The smallest absolute Gasteiger partial charge is 0.253 e. The second-order valence-electron chi connectivity index (χ2n) is 7.21. The van der Waals surface area contributed by atoms with Crippen molar-refractivity contribution >= 4 is 5.91 Å². The maximum absolute atomic E-state index is 12.7. The van der Waals surface area contributed by atoms with Gasteiger partial charge in [-0.15, -0.1) is 0 Å². The van der Waals surface area contributed by atoms with Gasteiger partial charge in [0.25, 0.3) is 5.91 Å². The summed E-state index contributed by atoms with van der Waals surface area (Å²) in [6, 6.07) is 8.09. The highest BCUT2D eigenvalue weighted by Crippen LogP contribution is 2.20. The third-order valence-electron chi connectivity index (χ3n) is 4.80. The Morgan fingerprint density at radius 3 is 2.58 bits per heavy atom. The molecule has 5 nitrogen and oxygen atoms in total. The van der Waals surface area contributed by atoms with E-state index >= 15 is 0 Å². The molecule has 2 fully saturated rings. The molecule has 1 aromatic rings. The molecule has 2 aliphatic rings. The van der Waals surface area contributed by atoms with Gasteiger partial charge < -0.3 is 15.0 Å². The van der Waals surface area contributed by atoms with E-state index in [0.29, 0.717) is 18.6 Å². The van der Waals surface area contributed by atoms with Crippen molar-refractivity contribution in [2.75, 3.05) is 45.9 Å². The van der Waals surface area contributed by atoms with Gasteiger partial charge in [-0.05, 0) is 36.6 Å². The summed E-state index contributed by atoms with van der Waals surface area (Å²) in [4.78, 5) is 17.2. The molecular formula is C19H29N3O2.